The number of carbonyl (C=O) groups is 1. The zero-order valence-electron chi connectivity index (χ0n) is 8.82. The van der Waals surface area contributed by atoms with Crippen LogP contribution in [-0.4, -0.2) is 15.9 Å². The van der Waals surface area contributed by atoms with Crippen LogP contribution in [0, 0.1) is 11.8 Å². The first-order valence-electron chi connectivity index (χ1n) is 4.80. The first-order valence-corrected chi connectivity index (χ1v) is 5.18. The number of anilines is 1. The summed E-state index contributed by atoms with van der Waals surface area (Å²) in [6.07, 6.45) is 3.73. The lowest BCUT2D eigenvalue weighted by molar-refractivity contribution is 0.102. The minimum Gasteiger partial charge on any atom is -0.319 e. The number of hydrogen-bond acceptors (Lipinski definition) is 3. The molecule has 0 bridgehead atoms. The van der Waals surface area contributed by atoms with E-state index in [0.717, 1.165) is 12.3 Å². The normalized spacial score (nSPS) is 10.2. The number of halogens is 3. The maximum Gasteiger partial charge on any atom is 0.258 e. The third kappa shape index (κ3) is 2.43. The summed E-state index contributed by atoms with van der Waals surface area (Å²) in [6, 6.07) is 2.53. The van der Waals surface area contributed by atoms with E-state index in [1.807, 2.05) is 0 Å². The molecule has 0 saturated heterocycles. The van der Waals surface area contributed by atoms with Gasteiger partial charge in [0.1, 0.15) is 0 Å². The average molecular weight is 270 g/mol. The fourth-order valence-electron chi connectivity index (χ4n) is 1.25. The van der Waals surface area contributed by atoms with Crippen LogP contribution in [0.3, 0.4) is 0 Å². The Kier molecular flexibility index (Phi) is 3.47. The standard InChI is InChI=1S/C11H6ClF2N3O/c12-7-2-3-15-5-8(7)17-11(18)6-1-4-16-10(14)9(6)13/h1-5H,(H,17,18). The highest BCUT2D eigenvalue weighted by Gasteiger charge is 2.16. The smallest absolute Gasteiger partial charge is 0.258 e. The first-order chi connectivity index (χ1) is 8.59. The summed E-state index contributed by atoms with van der Waals surface area (Å²) in [4.78, 5) is 18.5. The van der Waals surface area contributed by atoms with Gasteiger partial charge in [-0.25, -0.2) is 9.37 Å². The van der Waals surface area contributed by atoms with Gasteiger partial charge in [-0.3, -0.25) is 9.78 Å². The van der Waals surface area contributed by atoms with Gasteiger partial charge in [0.15, 0.2) is 5.82 Å². The molecule has 2 aromatic heterocycles. The third-order valence-electron chi connectivity index (χ3n) is 2.11. The Morgan fingerprint density at radius 3 is 2.78 bits per heavy atom. The molecule has 0 aliphatic rings. The fraction of sp³-hybridized carbons (Fsp3) is 0. The fourth-order valence-corrected chi connectivity index (χ4v) is 1.41. The minimum absolute atomic E-state index is 0.209. The first kappa shape index (κ1) is 12.4. The predicted octanol–water partition coefficient (Wildman–Crippen LogP) is 2.66. The van der Waals surface area contributed by atoms with Gasteiger partial charge in [0.25, 0.3) is 5.91 Å². The Bertz CT molecular complexity index is 607. The Morgan fingerprint density at radius 2 is 2.06 bits per heavy atom. The lowest BCUT2D eigenvalue weighted by Crippen LogP contribution is -2.15. The number of rotatable bonds is 2. The minimum atomic E-state index is -1.33. The topological polar surface area (TPSA) is 54.9 Å². The predicted molar refractivity (Wildman–Crippen MR) is 61.4 cm³/mol. The van der Waals surface area contributed by atoms with Crippen molar-refractivity contribution < 1.29 is 13.6 Å². The molecule has 1 N–H and O–H groups in total. The zero-order valence-corrected chi connectivity index (χ0v) is 9.58. The number of pyridine rings is 2. The van der Waals surface area contributed by atoms with Gasteiger partial charge in [-0.05, 0) is 12.1 Å². The van der Waals surface area contributed by atoms with E-state index in [1.165, 1.54) is 18.5 Å². The molecule has 2 rings (SSSR count). The molecular weight excluding hydrogens is 264 g/mol. The third-order valence-corrected chi connectivity index (χ3v) is 2.44. The van der Waals surface area contributed by atoms with Gasteiger partial charge in [-0.1, -0.05) is 11.6 Å². The van der Waals surface area contributed by atoms with Gasteiger partial charge in [-0.15, -0.1) is 0 Å². The second kappa shape index (κ2) is 5.05. The molecule has 7 heteroatoms. The van der Waals surface area contributed by atoms with Crippen molar-refractivity contribution in [2.45, 2.75) is 0 Å². The van der Waals surface area contributed by atoms with Crippen molar-refractivity contribution in [2.24, 2.45) is 0 Å². The van der Waals surface area contributed by atoms with Crippen LogP contribution in [0.2, 0.25) is 5.02 Å². The van der Waals surface area contributed by atoms with Gasteiger partial charge in [-0.2, -0.15) is 4.39 Å². The largest absolute Gasteiger partial charge is 0.319 e. The molecule has 0 spiro atoms. The molecule has 0 radical (unpaired) electrons. The summed E-state index contributed by atoms with van der Waals surface area (Å²) in [5, 5.41) is 2.57. The summed E-state index contributed by atoms with van der Waals surface area (Å²) in [5.41, 5.74) is -0.247. The molecule has 0 fully saturated rings. The second-order valence-electron chi connectivity index (χ2n) is 3.27. The van der Waals surface area contributed by atoms with Crippen LogP contribution in [0.4, 0.5) is 14.5 Å². The molecule has 0 aliphatic heterocycles. The van der Waals surface area contributed by atoms with Crippen LogP contribution in [-0.2, 0) is 0 Å². The van der Waals surface area contributed by atoms with E-state index in [4.69, 9.17) is 11.6 Å². The van der Waals surface area contributed by atoms with Crippen molar-refractivity contribution in [2.75, 3.05) is 5.32 Å². The van der Waals surface area contributed by atoms with Crippen molar-refractivity contribution in [3.63, 3.8) is 0 Å². The molecule has 0 atom stereocenters. The monoisotopic (exact) mass is 269 g/mol. The molecule has 2 heterocycles. The summed E-state index contributed by atoms with van der Waals surface area (Å²) in [7, 11) is 0. The molecule has 0 saturated carbocycles. The quantitative estimate of drug-likeness (QED) is 0.853. The Labute approximate surface area is 106 Å². The number of nitrogens with zero attached hydrogens (tertiary/aromatic N) is 2. The van der Waals surface area contributed by atoms with Crippen LogP contribution < -0.4 is 5.32 Å². The molecule has 0 unspecified atom stereocenters. The van der Waals surface area contributed by atoms with E-state index >= 15 is 0 Å². The van der Waals surface area contributed by atoms with Gasteiger partial charge < -0.3 is 5.32 Å². The van der Waals surface area contributed by atoms with E-state index in [1.54, 1.807) is 0 Å². The highest BCUT2D eigenvalue weighted by Crippen LogP contribution is 2.20. The van der Waals surface area contributed by atoms with Gasteiger partial charge in [0.2, 0.25) is 5.95 Å². The van der Waals surface area contributed by atoms with E-state index in [0.29, 0.717) is 0 Å². The summed E-state index contributed by atoms with van der Waals surface area (Å²) in [5.74, 6) is -3.47. The molecule has 92 valence electrons. The second-order valence-corrected chi connectivity index (χ2v) is 3.68. The van der Waals surface area contributed by atoms with Crippen LogP contribution in [0.15, 0.2) is 30.7 Å². The zero-order chi connectivity index (χ0) is 13.1. The lowest BCUT2D eigenvalue weighted by atomic mass is 10.2. The number of hydrogen-bond donors (Lipinski definition) is 1. The van der Waals surface area contributed by atoms with Gasteiger partial charge >= 0.3 is 0 Å². The molecule has 4 nitrogen and oxygen atoms in total. The Hall–Kier alpha value is -2.08. The van der Waals surface area contributed by atoms with Crippen LogP contribution in [0.1, 0.15) is 10.4 Å². The van der Waals surface area contributed by atoms with Crippen molar-refractivity contribution >= 4 is 23.2 Å². The lowest BCUT2D eigenvalue weighted by Gasteiger charge is -2.06. The number of amides is 1. The Balaban J connectivity index is 2.28. The van der Waals surface area contributed by atoms with Crippen LogP contribution in [0.25, 0.3) is 0 Å². The average Bonchev–Trinajstić information content (AvgIpc) is 2.35. The van der Waals surface area contributed by atoms with Crippen LogP contribution in [0.5, 0.6) is 0 Å². The van der Waals surface area contributed by atoms with E-state index in [2.05, 4.69) is 15.3 Å². The number of aromatic nitrogens is 2. The summed E-state index contributed by atoms with van der Waals surface area (Å²) >= 11 is 5.79. The van der Waals surface area contributed by atoms with Crippen molar-refractivity contribution in [3.05, 3.63) is 53.1 Å². The van der Waals surface area contributed by atoms with Crippen molar-refractivity contribution in [3.8, 4) is 0 Å². The van der Waals surface area contributed by atoms with E-state index < -0.39 is 23.2 Å². The highest BCUT2D eigenvalue weighted by atomic mass is 35.5. The van der Waals surface area contributed by atoms with Gasteiger partial charge in [0.05, 0.1) is 22.5 Å². The SMILES string of the molecule is O=C(Nc1cnccc1Cl)c1ccnc(F)c1F. The molecular formula is C11H6ClF2N3O. The molecule has 18 heavy (non-hydrogen) atoms. The van der Waals surface area contributed by atoms with E-state index in [9.17, 15) is 13.6 Å². The van der Waals surface area contributed by atoms with Crippen LogP contribution >= 0.6 is 11.6 Å². The number of nitrogens with one attached hydrogen (secondary N) is 1. The maximum atomic E-state index is 13.3. The summed E-state index contributed by atoms with van der Waals surface area (Å²) < 4.78 is 26.2. The molecule has 1 amide bonds. The number of carbonyl (C=O) groups excluding carboxylic acids is 1. The molecule has 2 aromatic rings. The Morgan fingerprint density at radius 1 is 1.28 bits per heavy atom. The van der Waals surface area contributed by atoms with Crippen molar-refractivity contribution in [1.29, 1.82) is 0 Å². The molecule has 0 aliphatic carbocycles. The van der Waals surface area contributed by atoms with Gasteiger partial charge in [0, 0.05) is 12.4 Å². The molecule has 0 aromatic carbocycles. The van der Waals surface area contributed by atoms with Crippen molar-refractivity contribution in [1.82, 2.24) is 9.97 Å². The summed E-state index contributed by atoms with van der Waals surface area (Å²) in [6.45, 7) is 0. The highest BCUT2D eigenvalue weighted by molar-refractivity contribution is 6.33. The van der Waals surface area contributed by atoms with E-state index in [-0.39, 0.29) is 10.7 Å². The maximum absolute atomic E-state index is 13.3.